The van der Waals surface area contributed by atoms with Gasteiger partial charge < -0.3 is 21.6 Å². The minimum atomic E-state index is 0.102. The van der Waals surface area contributed by atoms with Crippen LogP contribution in [0.25, 0.3) is 22.2 Å². The van der Waals surface area contributed by atoms with E-state index >= 15 is 0 Å². The van der Waals surface area contributed by atoms with Gasteiger partial charge in [0.25, 0.3) is 0 Å². The summed E-state index contributed by atoms with van der Waals surface area (Å²) >= 11 is 0. The SMILES string of the molecule is NCc1ccc2[nH]c(-c3ccc(O)c(N)c3)cc2c1. The number of nitrogens with one attached hydrogen (secondary N) is 1. The maximum atomic E-state index is 9.45. The van der Waals surface area contributed by atoms with Crippen LogP contribution in [0.15, 0.2) is 42.5 Å². The molecule has 4 heteroatoms. The zero-order chi connectivity index (χ0) is 13.4. The molecule has 0 spiro atoms. The van der Waals surface area contributed by atoms with Gasteiger partial charge in [-0.3, -0.25) is 0 Å². The Balaban J connectivity index is 2.11. The van der Waals surface area contributed by atoms with Gasteiger partial charge in [-0.1, -0.05) is 6.07 Å². The lowest BCUT2D eigenvalue weighted by atomic mass is 10.1. The molecular weight excluding hydrogens is 238 g/mol. The highest BCUT2D eigenvalue weighted by atomic mass is 16.3. The first-order valence-electron chi connectivity index (χ1n) is 6.08. The first-order valence-corrected chi connectivity index (χ1v) is 6.08. The lowest BCUT2D eigenvalue weighted by Crippen LogP contribution is -1.94. The van der Waals surface area contributed by atoms with E-state index in [4.69, 9.17) is 11.5 Å². The van der Waals surface area contributed by atoms with Crippen molar-refractivity contribution in [3.63, 3.8) is 0 Å². The summed E-state index contributed by atoms with van der Waals surface area (Å²) in [5.41, 5.74) is 15.8. The van der Waals surface area contributed by atoms with Gasteiger partial charge in [0.05, 0.1) is 5.69 Å². The zero-order valence-corrected chi connectivity index (χ0v) is 10.4. The summed E-state index contributed by atoms with van der Waals surface area (Å²) in [6.07, 6.45) is 0. The summed E-state index contributed by atoms with van der Waals surface area (Å²) in [5.74, 6) is 0.102. The second-order valence-corrected chi connectivity index (χ2v) is 4.58. The summed E-state index contributed by atoms with van der Waals surface area (Å²) in [4.78, 5) is 3.33. The molecule has 0 amide bonds. The number of nitrogens with two attached hydrogens (primary N) is 2. The first kappa shape index (κ1) is 11.6. The van der Waals surface area contributed by atoms with Crippen molar-refractivity contribution >= 4 is 16.6 Å². The molecule has 6 N–H and O–H groups in total. The number of fused-ring (bicyclic) bond motifs is 1. The van der Waals surface area contributed by atoms with Crippen molar-refractivity contribution in [2.45, 2.75) is 6.54 Å². The molecule has 0 saturated heterocycles. The van der Waals surface area contributed by atoms with Gasteiger partial charge in [-0.05, 0) is 42.0 Å². The van der Waals surface area contributed by atoms with E-state index < -0.39 is 0 Å². The van der Waals surface area contributed by atoms with E-state index in [9.17, 15) is 5.11 Å². The van der Waals surface area contributed by atoms with Crippen LogP contribution in [0.5, 0.6) is 5.75 Å². The number of aromatic hydroxyl groups is 1. The third-order valence-electron chi connectivity index (χ3n) is 3.26. The number of rotatable bonds is 2. The average molecular weight is 253 g/mol. The fraction of sp³-hybridized carbons (Fsp3) is 0.0667. The summed E-state index contributed by atoms with van der Waals surface area (Å²) in [7, 11) is 0. The van der Waals surface area contributed by atoms with Gasteiger partial charge in [-0.15, -0.1) is 0 Å². The van der Waals surface area contributed by atoms with E-state index in [0.717, 1.165) is 27.7 Å². The van der Waals surface area contributed by atoms with Crippen molar-refractivity contribution in [2.75, 3.05) is 5.73 Å². The molecule has 0 aliphatic heterocycles. The van der Waals surface area contributed by atoms with Crippen LogP contribution < -0.4 is 11.5 Å². The van der Waals surface area contributed by atoms with E-state index in [1.54, 1.807) is 12.1 Å². The van der Waals surface area contributed by atoms with Gasteiger partial charge in [0, 0.05) is 28.7 Å². The molecule has 0 radical (unpaired) electrons. The predicted octanol–water partition coefficient (Wildman–Crippen LogP) is 2.58. The monoisotopic (exact) mass is 253 g/mol. The lowest BCUT2D eigenvalue weighted by molar-refractivity contribution is 0.478. The Hall–Kier alpha value is -2.46. The van der Waals surface area contributed by atoms with Crippen LogP contribution in [0.3, 0.4) is 0 Å². The van der Waals surface area contributed by atoms with Crippen molar-refractivity contribution in [3.05, 3.63) is 48.0 Å². The van der Waals surface area contributed by atoms with Crippen LogP contribution in [0, 0.1) is 0 Å². The van der Waals surface area contributed by atoms with Crippen molar-refractivity contribution in [1.82, 2.24) is 4.98 Å². The predicted molar refractivity (Wildman–Crippen MR) is 77.7 cm³/mol. The Morgan fingerprint density at radius 1 is 1.05 bits per heavy atom. The molecule has 0 saturated carbocycles. The van der Waals surface area contributed by atoms with Crippen LogP contribution in [0.1, 0.15) is 5.56 Å². The van der Waals surface area contributed by atoms with Crippen LogP contribution in [0.4, 0.5) is 5.69 Å². The molecule has 19 heavy (non-hydrogen) atoms. The number of phenols is 1. The van der Waals surface area contributed by atoms with Crippen LogP contribution in [-0.4, -0.2) is 10.1 Å². The number of nitrogen functional groups attached to an aromatic ring is 1. The Kier molecular flexibility index (Phi) is 2.65. The maximum absolute atomic E-state index is 9.45. The third-order valence-corrected chi connectivity index (χ3v) is 3.26. The largest absolute Gasteiger partial charge is 0.506 e. The molecule has 3 rings (SSSR count). The van der Waals surface area contributed by atoms with Gasteiger partial charge in [0.1, 0.15) is 5.75 Å². The standard InChI is InChI=1S/C15H15N3O/c16-8-9-1-3-13-11(5-9)7-14(18-13)10-2-4-15(19)12(17)6-10/h1-7,18-19H,8,16-17H2. The number of anilines is 1. The molecule has 0 unspecified atom stereocenters. The van der Waals surface area contributed by atoms with Crippen molar-refractivity contribution in [1.29, 1.82) is 0 Å². The number of benzene rings is 2. The summed E-state index contributed by atoms with van der Waals surface area (Å²) < 4.78 is 0. The smallest absolute Gasteiger partial charge is 0.138 e. The number of hydrogen-bond acceptors (Lipinski definition) is 3. The number of H-pyrrole nitrogens is 1. The van der Waals surface area contributed by atoms with E-state index in [1.165, 1.54) is 0 Å². The first-order chi connectivity index (χ1) is 9.17. The van der Waals surface area contributed by atoms with Crippen LogP contribution in [-0.2, 0) is 6.54 Å². The molecule has 3 aromatic rings. The van der Waals surface area contributed by atoms with Crippen LogP contribution in [0.2, 0.25) is 0 Å². The van der Waals surface area contributed by atoms with Crippen molar-refractivity contribution < 1.29 is 5.11 Å². The normalized spacial score (nSPS) is 11.0. The molecule has 0 aliphatic rings. The molecule has 0 aliphatic carbocycles. The number of hydrogen-bond donors (Lipinski definition) is 4. The Morgan fingerprint density at radius 2 is 1.89 bits per heavy atom. The van der Waals surface area contributed by atoms with E-state index in [2.05, 4.69) is 17.1 Å². The van der Waals surface area contributed by atoms with E-state index in [0.29, 0.717) is 12.2 Å². The van der Waals surface area contributed by atoms with Gasteiger partial charge in [0.2, 0.25) is 0 Å². The molecule has 0 fully saturated rings. The van der Waals surface area contributed by atoms with E-state index in [-0.39, 0.29) is 5.75 Å². The summed E-state index contributed by atoms with van der Waals surface area (Å²) in [6.45, 7) is 0.530. The quantitative estimate of drug-likeness (QED) is 0.418. The van der Waals surface area contributed by atoms with Crippen molar-refractivity contribution in [3.8, 4) is 17.0 Å². The minimum Gasteiger partial charge on any atom is -0.506 e. The number of aromatic nitrogens is 1. The van der Waals surface area contributed by atoms with Gasteiger partial charge >= 0.3 is 0 Å². The highest BCUT2D eigenvalue weighted by Crippen LogP contribution is 2.29. The average Bonchev–Trinajstić information content (AvgIpc) is 2.84. The summed E-state index contributed by atoms with van der Waals surface area (Å²) in [5, 5.41) is 10.6. The highest BCUT2D eigenvalue weighted by Gasteiger charge is 2.06. The van der Waals surface area contributed by atoms with Gasteiger partial charge in [-0.25, -0.2) is 0 Å². The Bertz CT molecular complexity index is 746. The second-order valence-electron chi connectivity index (χ2n) is 4.58. The molecule has 2 aromatic carbocycles. The topological polar surface area (TPSA) is 88.1 Å². The summed E-state index contributed by atoms with van der Waals surface area (Å²) in [6, 6.07) is 13.3. The number of phenolic OH excluding ortho intramolecular Hbond substituents is 1. The molecule has 1 aromatic heterocycles. The Labute approximate surface area is 110 Å². The fourth-order valence-electron chi connectivity index (χ4n) is 2.19. The fourth-order valence-corrected chi connectivity index (χ4v) is 2.19. The highest BCUT2D eigenvalue weighted by molar-refractivity contribution is 5.87. The van der Waals surface area contributed by atoms with E-state index in [1.807, 2.05) is 18.2 Å². The molecule has 0 bridgehead atoms. The second kappa shape index (κ2) is 4.33. The number of aromatic amines is 1. The van der Waals surface area contributed by atoms with Gasteiger partial charge in [-0.2, -0.15) is 0 Å². The lowest BCUT2D eigenvalue weighted by Gasteiger charge is -2.01. The Morgan fingerprint density at radius 3 is 2.63 bits per heavy atom. The third kappa shape index (κ3) is 2.02. The minimum absolute atomic E-state index is 0.102. The molecule has 96 valence electrons. The maximum Gasteiger partial charge on any atom is 0.138 e. The zero-order valence-electron chi connectivity index (χ0n) is 10.4. The molecule has 4 nitrogen and oxygen atoms in total. The van der Waals surface area contributed by atoms with Crippen LogP contribution >= 0.6 is 0 Å². The molecule has 1 heterocycles. The molecular formula is C15H15N3O. The van der Waals surface area contributed by atoms with Crippen molar-refractivity contribution in [2.24, 2.45) is 5.73 Å². The van der Waals surface area contributed by atoms with Gasteiger partial charge in [0.15, 0.2) is 0 Å². The molecule has 0 atom stereocenters.